The average Bonchev–Trinajstić information content (AvgIpc) is 2.21. The van der Waals surface area contributed by atoms with Crippen LogP contribution in [-0.4, -0.2) is 17.1 Å². The zero-order valence-corrected chi connectivity index (χ0v) is 10.7. The van der Waals surface area contributed by atoms with E-state index in [1.165, 1.54) is 32.1 Å². The van der Waals surface area contributed by atoms with Gasteiger partial charge in [0.1, 0.15) is 6.04 Å². The molecule has 16 heavy (non-hydrogen) atoms. The maximum Gasteiger partial charge on any atom is 0.320 e. The zero-order valence-electron chi connectivity index (χ0n) is 10.7. The van der Waals surface area contributed by atoms with E-state index >= 15 is 0 Å². The zero-order chi connectivity index (χ0) is 12.4. The van der Waals surface area contributed by atoms with Gasteiger partial charge >= 0.3 is 5.97 Å². The standard InChI is InChI=1S/C13H27NO2/c1-11(2)9-7-5-3-4-6-8-10-12(14)13(15)16/h11-12H,3-10,14H2,1-2H3,(H,15,16). The number of nitrogens with two attached hydrogens (primary N) is 1. The Kier molecular flexibility index (Phi) is 9.30. The maximum absolute atomic E-state index is 10.4. The highest BCUT2D eigenvalue weighted by Crippen LogP contribution is 2.12. The number of hydrogen-bond acceptors (Lipinski definition) is 2. The van der Waals surface area contributed by atoms with Crippen LogP contribution in [0.3, 0.4) is 0 Å². The minimum atomic E-state index is -0.878. The van der Waals surface area contributed by atoms with E-state index in [0.29, 0.717) is 6.42 Å². The van der Waals surface area contributed by atoms with Crippen LogP contribution < -0.4 is 5.73 Å². The Morgan fingerprint density at radius 2 is 1.44 bits per heavy atom. The molecule has 3 N–H and O–H groups in total. The second-order valence-electron chi connectivity index (χ2n) is 5.04. The molecule has 96 valence electrons. The van der Waals surface area contributed by atoms with Gasteiger partial charge in [-0.2, -0.15) is 0 Å². The van der Waals surface area contributed by atoms with E-state index in [1.54, 1.807) is 0 Å². The molecule has 0 saturated heterocycles. The van der Waals surface area contributed by atoms with Crippen molar-refractivity contribution < 1.29 is 9.90 Å². The topological polar surface area (TPSA) is 63.3 Å². The molecule has 0 aliphatic carbocycles. The lowest BCUT2D eigenvalue weighted by Crippen LogP contribution is -2.29. The molecule has 0 aliphatic rings. The third-order valence-electron chi connectivity index (χ3n) is 2.86. The van der Waals surface area contributed by atoms with Crippen LogP contribution >= 0.6 is 0 Å². The molecule has 0 saturated carbocycles. The fourth-order valence-electron chi connectivity index (χ4n) is 1.75. The van der Waals surface area contributed by atoms with Crippen molar-refractivity contribution in [2.45, 2.75) is 71.3 Å². The molecule has 0 rings (SSSR count). The second-order valence-corrected chi connectivity index (χ2v) is 5.04. The predicted octanol–water partition coefficient (Wildman–Crippen LogP) is 3.18. The Morgan fingerprint density at radius 3 is 1.88 bits per heavy atom. The molecule has 3 heteroatoms. The Balaban J connectivity index is 3.13. The van der Waals surface area contributed by atoms with Gasteiger partial charge in [0.25, 0.3) is 0 Å². The lowest BCUT2D eigenvalue weighted by molar-refractivity contribution is -0.138. The SMILES string of the molecule is CC(C)CCCCCCCCC(N)C(=O)O. The van der Waals surface area contributed by atoms with Crippen LogP contribution in [0.1, 0.15) is 65.2 Å². The summed E-state index contributed by atoms with van der Waals surface area (Å²) < 4.78 is 0. The van der Waals surface area contributed by atoms with E-state index in [0.717, 1.165) is 18.8 Å². The summed E-state index contributed by atoms with van der Waals surface area (Å²) >= 11 is 0. The summed E-state index contributed by atoms with van der Waals surface area (Å²) in [7, 11) is 0. The lowest BCUT2D eigenvalue weighted by atomic mass is 10.0. The lowest BCUT2D eigenvalue weighted by Gasteiger charge is -2.06. The Labute approximate surface area is 99.4 Å². The fourth-order valence-corrected chi connectivity index (χ4v) is 1.75. The van der Waals surface area contributed by atoms with E-state index in [2.05, 4.69) is 13.8 Å². The fraction of sp³-hybridized carbons (Fsp3) is 0.923. The Morgan fingerprint density at radius 1 is 1.00 bits per heavy atom. The summed E-state index contributed by atoms with van der Waals surface area (Å²) in [6.07, 6.45) is 9.11. The first-order valence-corrected chi connectivity index (χ1v) is 6.52. The Hall–Kier alpha value is -0.570. The largest absolute Gasteiger partial charge is 0.480 e. The van der Waals surface area contributed by atoms with Gasteiger partial charge in [-0.15, -0.1) is 0 Å². The molecule has 3 nitrogen and oxygen atoms in total. The minimum Gasteiger partial charge on any atom is -0.480 e. The minimum absolute atomic E-state index is 0.612. The number of rotatable bonds is 10. The van der Waals surface area contributed by atoms with E-state index in [-0.39, 0.29) is 0 Å². The van der Waals surface area contributed by atoms with Crippen LogP contribution in [0.25, 0.3) is 0 Å². The highest BCUT2D eigenvalue weighted by Gasteiger charge is 2.09. The van der Waals surface area contributed by atoms with Gasteiger partial charge in [-0.3, -0.25) is 4.79 Å². The van der Waals surface area contributed by atoms with Gasteiger partial charge in [0.05, 0.1) is 0 Å². The number of carbonyl (C=O) groups is 1. The van der Waals surface area contributed by atoms with Crippen molar-refractivity contribution in [1.29, 1.82) is 0 Å². The van der Waals surface area contributed by atoms with Crippen molar-refractivity contribution in [1.82, 2.24) is 0 Å². The summed E-state index contributed by atoms with van der Waals surface area (Å²) in [6, 6.07) is -0.666. The Bertz CT molecular complexity index is 181. The molecular weight excluding hydrogens is 202 g/mol. The molecule has 0 bridgehead atoms. The van der Waals surface area contributed by atoms with Crippen molar-refractivity contribution in [2.24, 2.45) is 11.7 Å². The summed E-state index contributed by atoms with van der Waals surface area (Å²) in [5.41, 5.74) is 5.41. The summed E-state index contributed by atoms with van der Waals surface area (Å²) in [6.45, 7) is 4.51. The molecule has 0 aromatic rings. The molecular formula is C13H27NO2. The summed E-state index contributed by atoms with van der Waals surface area (Å²) in [5.74, 6) is -0.0644. The molecule has 0 spiro atoms. The number of carboxylic acid groups (broad SMARTS) is 1. The van der Waals surface area contributed by atoms with Gasteiger partial charge in [-0.25, -0.2) is 0 Å². The molecule has 0 radical (unpaired) electrons. The van der Waals surface area contributed by atoms with Gasteiger partial charge in [0.15, 0.2) is 0 Å². The monoisotopic (exact) mass is 229 g/mol. The highest BCUT2D eigenvalue weighted by atomic mass is 16.4. The van der Waals surface area contributed by atoms with E-state index in [9.17, 15) is 4.79 Å². The van der Waals surface area contributed by atoms with Gasteiger partial charge in [-0.05, 0) is 12.3 Å². The first-order valence-electron chi connectivity index (χ1n) is 6.52. The third kappa shape index (κ3) is 9.97. The molecule has 1 atom stereocenters. The first-order chi connectivity index (χ1) is 7.54. The van der Waals surface area contributed by atoms with Crippen LogP contribution in [0.15, 0.2) is 0 Å². The van der Waals surface area contributed by atoms with Crippen molar-refractivity contribution in [3.05, 3.63) is 0 Å². The molecule has 0 aromatic carbocycles. The maximum atomic E-state index is 10.4. The molecule has 0 heterocycles. The van der Waals surface area contributed by atoms with E-state index < -0.39 is 12.0 Å². The van der Waals surface area contributed by atoms with E-state index in [1.807, 2.05) is 0 Å². The quantitative estimate of drug-likeness (QED) is 0.565. The van der Waals surface area contributed by atoms with Crippen LogP contribution in [0.2, 0.25) is 0 Å². The predicted molar refractivity (Wildman–Crippen MR) is 67.4 cm³/mol. The number of unbranched alkanes of at least 4 members (excludes halogenated alkanes) is 5. The van der Waals surface area contributed by atoms with Gasteiger partial charge in [0.2, 0.25) is 0 Å². The summed E-state index contributed by atoms with van der Waals surface area (Å²) in [4.78, 5) is 10.4. The highest BCUT2D eigenvalue weighted by molar-refractivity contribution is 5.72. The van der Waals surface area contributed by atoms with Crippen LogP contribution in [0.4, 0.5) is 0 Å². The van der Waals surface area contributed by atoms with Crippen LogP contribution in [0, 0.1) is 5.92 Å². The van der Waals surface area contributed by atoms with Crippen LogP contribution in [0.5, 0.6) is 0 Å². The molecule has 0 amide bonds. The average molecular weight is 229 g/mol. The molecule has 0 fully saturated rings. The normalized spacial score (nSPS) is 13.0. The van der Waals surface area contributed by atoms with Gasteiger partial charge < -0.3 is 10.8 Å². The van der Waals surface area contributed by atoms with E-state index in [4.69, 9.17) is 10.8 Å². The third-order valence-corrected chi connectivity index (χ3v) is 2.86. The van der Waals surface area contributed by atoms with Crippen molar-refractivity contribution >= 4 is 5.97 Å². The molecule has 0 aliphatic heterocycles. The summed E-state index contributed by atoms with van der Waals surface area (Å²) in [5, 5.41) is 8.58. The smallest absolute Gasteiger partial charge is 0.320 e. The van der Waals surface area contributed by atoms with Gasteiger partial charge in [-0.1, -0.05) is 58.8 Å². The number of hydrogen-bond donors (Lipinski definition) is 2. The van der Waals surface area contributed by atoms with Crippen molar-refractivity contribution in [3.8, 4) is 0 Å². The first kappa shape index (κ1) is 15.4. The molecule has 0 aromatic heterocycles. The number of carboxylic acids is 1. The van der Waals surface area contributed by atoms with Crippen LogP contribution in [-0.2, 0) is 4.79 Å². The second kappa shape index (κ2) is 9.64. The molecule has 1 unspecified atom stereocenters. The van der Waals surface area contributed by atoms with Crippen molar-refractivity contribution in [3.63, 3.8) is 0 Å². The number of aliphatic carboxylic acids is 1. The van der Waals surface area contributed by atoms with Gasteiger partial charge in [0, 0.05) is 0 Å². The van der Waals surface area contributed by atoms with Crippen molar-refractivity contribution in [2.75, 3.05) is 0 Å².